The summed E-state index contributed by atoms with van der Waals surface area (Å²) in [6.07, 6.45) is 7.70. The summed E-state index contributed by atoms with van der Waals surface area (Å²) >= 11 is 0. The topological polar surface area (TPSA) is 29.3 Å². The molecule has 2 N–H and O–H groups in total. The minimum Gasteiger partial charge on any atom is -0.330 e. The summed E-state index contributed by atoms with van der Waals surface area (Å²) in [5.41, 5.74) is 5.78. The standard InChI is InChI=1S/C13H26N2/c1-5-7-15(8-6-2)11-13(10-14)9-12(3)4/h1,12-13H,6-11,14H2,2-4H3. The molecule has 2 heteroatoms. The molecule has 88 valence electrons. The fourth-order valence-electron chi connectivity index (χ4n) is 1.96. The Balaban J connectivity index is 4.03. The summed E-state index contributed by atoms with van der Waals surface area (Å²) in [4.78, 5) is 2.33. The third-order valence-corrected chi connectivity index (χ3v) is 2.51. The molecule has 0 fully saturated rings. The highest BCUT2D eigenvalue weighted by molar-refractivity contribution is 4.88. The van der Waals surface area contributed by atoms with Gasteiger partial charge in [0.05, 0.1) is 6.54 Å². The van der Waals surface area contributed by atoms with Crippen molar-refractivity contribution >= 4 is 0 Å². The van der Waals surface area contributed by atoms with E-state index in [1.54, 1.807) is 0 Å². The van der Waals surface area contributed by atoms with E-state index in [2.05, 4.69) is 31.6 Å². The SMILES string of the molecule is C#CCN(CCC)CC(CN)CC(C)C. The quantitative estimate of drug-likeness (QED) is 0.621. The van der Waals surface area contributed by atoms with Gasteiger partial charge in [-0.3, -0.25) is 4.90 Å². The third-order valence-electron chi connectivity index (χ3n) is 2.51. The molecule has 0 aromatic heterocycles. The molecule has 0 radical (unpaired) electrons. The zero-order chi connectivity index (χ0) is 11.7. The van der Waals surface area contributed by atoms with E-state index >= 15 is 0 Å². The van der Waals surface area contributed by atoms with Crippen molar-refractivity contribution < 1.29 is 0 Å². The van der Waals surface area contributed by atoms with Gasteiger partial charge in [-0.2, -0.15) is 0 Å². The molecule has 1 atom stereocenters. The lowest BCUT2D eigenvalue weighted by Crippen LogP contribution is -2.34. The Kier molecular flexibility index (Phi) is 8.46. The highest BCUT2D eigenvalue weighted by Gasteiger charge is 2.13. The van der Waals surface area contributed by atoms with Gasteiger partial charge in [0, 0.05) is 6.54 Å². The van der Waals surface area contributed by atoms with Crippen LogP contribution in [0, 0.1) is 24.2 Å². The lowest BCUT2D eigenvalue weighted by molar-refractivity contribution is 0.239. The lowest BCUT2D eigenvalue weighted by atomic mass is 9.96. The number of nitrogens with two attached hydrogens (primary N) is 1. The maximum Gasteiger partial charge on any atom is 0.0599 e. The van der Waals surface area contributed by atoms with Crippen LogP contribution in [-0.4, -0.2) is 31.1 Å². The van der Waals surface area contributed by atoms with Crippen LogP contribution in [0.5, 0.6) is 0 Å². The summed E-state index contributed by atoms with van der Waals surface area (Å²) in [5.74, 6) is 4.02. The van der Waals surface area contributed by atoms with Crippen LogP contribution in [0.3, 0.4) is 0 Å². The highest BCUT2D eigenvalue weighted by Crippen LogP contribution is 2.12. The molecule has 0 saturated heterocycles. The Morgan fingerprint density at radius 3 is 2.47 bits per heavy atom. The summed E-state index contributed by atoms with van der Waals surface area (Å²) in [6.45, 7) is 10.3. The maximum absolute atomic E-state index is 5.78. The van der Waals surface area contributed by atoms with Gasteiger partial charge in [-0.1, -0.05) is 26.7 Å². The first-order valence-electron chi connectivity index (χ1n) is 5.99. The van der Waals surface area contributed by atoms with Crippen molar-refractivity contribution in [1.29, 1.82) is 0 Å². The predicted octanol–water partition coefficient (Wildman–Crippen LogP) is 1.95. The summed E-state index contributed by atoms with van der Waals surface area (Å²) in [7, 11) is 0. The molecule has 0 aliphatic heterocycles. The molecule has 2 nitrogen and oxygen atoms in total. The summed E-state index contributed by atoms with van der Waals surface area (Å²) < 4.78 is 0. The average Bonchev–Trinajstić information content (AvgIpc) is 2.16. The summed E-state index contributed by atoms with van der Waals surface area (Å²) in [6, 6.07) is 0. The van der Waals surface area contributed by atoms with Crippen LogP contribution < -0.4 is 5.73 Å². The normalized spacial score (nSPS) is 13.1. The largest absolute Gasteiger partial charge is 0.330 e. The fourth-order valence-corrected chi connectivity index (χ4v) is 1.96. The maximum atomic E-state index is 5.78. The van der Waals surface area contributed by atoms with E-state index in [0.29, 0.717) is 11.8 Å². The molecule has 0 aromatic rings. The highest BCUT2D eigenvalue weighted by atomic mass is 15.1. The Bertz CT molecular complexity index is 181. The number of terminal acetylenes is 1. The number of rotatable bonds is 8. The molecule has 0 heterocycles. The van der Waals surface area contributed by atoms with Crippen LogP contribution in [0.1, 0.15) is 33.6 Å². The van der Waals surface area contributed by atoms with Crippen molar-refractivity contribution in [3.63, 3.8) is 0 Å². The second-order valence-corrected chi connectivity index (χ2v) is 4.67. The molecule has 15 heavy (non-hydrogen) atoms. The van der Waals surface area contributed by atoms with E-state index in [-0.39, 0.29) is 0 Å². The van der Waals surface area contributed by atoms with Crippen molar-refractivity contribution in [2.24, 2.45) is 17.6 Å². The second kappa shape index (κ2) is 8.76. The van der Waals surface area contributed by atoms with Crippen LogP contribution >= 0.6 is 0 Å². The van der Waals surface area contributed by atoms with Crippen LogP contribution in [0.25, 0.3) is 0 Å². The zero-order valence-corrected chi connectivity index (χ0v) is 10.5. The van der Waals surface area contributed by atoms with Crippen LogP contribution in [-0.2, 0) is 0 Å². The van der Waals surface area contributed by atoms with Crippen LogP contribution in [0.4, 0.5) is 0 Å². The lowest BCUT2D eigenvalue weighted by Gasteiger charge is -2.25. The first-order chi connectivity index (χ1) is 7.13. The molecule has 0 amide bonds. The van der Waals surface area contributed by atoms with E-state index in [4.69, 9.17) is 12.2 Å². The first kappa shape index (κ1) is 14.5. The van der Waals surface area contributed by atoms with Gasteiger partial charge in [0.15, 0.2) is 0 Å². The van der Waals surface area contributed by atoms with Gasteiger partial charge < -0.3 is 5.73 Å². The van der Waals surface area contributed by atoms with Gasteiger partial charge in [-0.25, -0.2) is 0 Å². The molecule has 0 spiro atoms. The van der Waals surface area contributed by atoms with E-state index in [9.17, 15) is 0 Å². The average molecular weight is 210 g/mol. The third kappa shape index (κ3) is 7.41. The van der Waals surface area contributed by atoms with Gasteiger partial charge in [0.25, 0.3) is 0 Å². The van der Waals surface area contributed by atoms with E-state index in [1.165, 1.54) is 6.42 Å². The van der Waals surface area contributed by atoms with Gasteiger partial charge in [-0.05, 0) is 37.8 Å². The summed E-state index contributed by atoms with van der Waals surface area (Å²) in [5, 5.41) is 0. The van der Waals surface area contributed by atoms with Crippen molar-refractivity contribution in [1.82, 2.24) is 4.90 Å². The molecular formula is C13H26N2. The molecule has 0 aliphatic carbocycles. The minimum atomic E-state index is 0.588. The zero-order valence-electron chi connectivity index (χ0n) is 10.5. The minimum absolute atomic E-state index is 0.588. The van der Waals surface area contributed by atoms with Crippen LogP contribution in [0.2, 0.25) is 0 Å². The molecule has 0 saturated carbocycles. The van der Waals surface area contributed by atoms with Gasteiger partial charge in [-0.15, -0.1) is 6.42 Å². The van der Waals surface area contributed by atoms with E-state index in [0.717, 1.165) is 32.6 Å². The van der Waals surface area contributed by atoms with Gasteiger partial charge in [0.1, 0.15) is 0 Å². The number of hydrogen-bond acceptors (Lipinski definition) is 2. The Hall–Kier alpha value is -0.520. The molecule has 0 rings (SSSR count). The second-order valence-electron chi connectivity index (χ2n) is 4.67. The smallest absolute Gasteiger partial charge is 0.0599 e. The number of hydrogen-bond donors (Lipinski definition) is 1. The molecule has 0 aromatic carbocycles. The monoisotopic (exact) mass is 210 g/mol. The Morgan fingerprint density at radius 2 is 2.07 bits per heavy atom. The Morgan fingerprint density at radius 1 is 1.40 bits per heavy atom. The molecule has 0 bridgehead atoms. The Labute approximate surface area is 95.2 Å². The van der Waals surface area contributed by atoms with Crippen molar-refractivity contribution in [2.75, 3.05) is 26.2 Å². The fraction of sp³-hybridized carbons (Fsp3) is 0.846. The molecular weight excluding hydrogens is 184 g/mol. The molecule has 0 aliphatic rings. The van der Waals surface area contributed by atoms with Crippen molar-refractivity contribution in [3.8, 4) is 12.3 Å². The predicted molar refractivity (Wildman–Crippen MR) is 67.6 cm³/mol. The molecule has 1 unspecified atom stereocenters. The van der Waals surface area contributed by atoms with Crippen LogP contribution in [0.15, 0.2) is 0 Å². The van der Waals surface area contributed by atoms with Crippen molar-refractivity contribution in [2.45, 2.75) is 33.6 Å². The first-order valence-corrected chi connectivity index (χ1v) is 5.99. The number of nitrogens with zero attached hydrogens (tertiary/aromatic N) is 1. The van der Waals surface area contributed by atoms with E-state index < -0.39 is 0 Å². The van der Waals surface area contributed by atoms with Crippen molar-refractivity contribution in [3.05, 3.63) is 0 Å². The van der Waals surface area contributed by atoms with Gasteiger partial charge in [0.2, 0.25) is 0 Å². The van der Waals surface area contributed by atoms with Gasteiger partial charge >= 0.3 is 0 Å². The van der Waals surface area contributed by atoms with E-state index in [1.807, 2.05) is 0 Å².